The first-order chi connectivity index (χ1) is 8.06. The van der Waals surface area contributed by atoms with E-state index >= 15 is 0 Å². The minimum atomic E-state index is 0.120. The second kappa shape index (κ2) is 6.71. The smallest absolute Gasteiger partial charge is 0.236 e. The van der Waals surface area contributed by atoms with Gasteiger partial charge >= 0.3 is 0 Å². The van der Waals surface area contributed by atoms with Gasteiger partial charge < -0.3 is 4.90 Å². The lowest BCUT2D eigenvalue weighted by molar-refractivity contribution is -0.130. The van der Waals surface area contributed by atoms with Crippen molar-refractivity contribution in [3.8, 4) is 0 Å². The number of nitrogens with one attached hydrogen (secondary N) is 1. The fourth-order valence-electron chi connectivity index (χ4n) is 1.44. The van der Waals surface area contributed by atoms with Crippen molar-refractivity contribution in [1.29, 1.82) is 0 Å². The van der Waals surface area contributed by atoms with Gasteiger partial charge in [0.15, 0.2) is 0 Å². The molecule has 1 heterocycles. The Kier molecular flexibility index (Phi) is 5.58. The molecule has 1 atom stereocenters. The Labute approximate surface area is 107 Å². The molecular weight excluding hydrogens is 234 g/mol. The van der Waals surface area contributed by atoms with Gasteiger partial charge in [-0.05, 0) is 20.3 Å². The summed E-state index contributed by atoms with van der Waals surface area (Å²) in [6.07, 6.45) is 2.73. The highest BCUT2D eigenvalue weighted by molar-refractivity contribution is 7.09. The number of hydrogen-bond donors (Lipinski definition) is 1. The standard InChI is InChI=1S/C12H21N3OS/c1-5-10(12-13-6-7-17-12)14-8-11(16)15(4)9(2)3/h6-7,9-10,14H,5,8H2,1-4H3. The number of thiazole rings is 1. The van der Waals surface area contributed by atoms with E-state index in [0.717, 1.165) is 11.4 Å². The summed E-state index contributed by atoms with van der Waals surface area (Å²) in [6, 6.07) is 0.420. The van der Waals surface area contributed by atoms with Crippen molar-refractivity contribution >= 4 is 17.2 Å². The molecule has 0 radical (unpaired) electrons. The number of carbonyl (C=O) groups excluding carboxylic acids is 1. The summed E-state index contributed by atoms with van der Waals surface area (Å²) < 4.78 is 0. The average Bonchev–Trinajstić information content (AvgIpc) is 2.82. The second-order valence-electron chi connectivity index (χ2n) is 4.31. The highest BCUT2D eigenvalue weighted by Gasteiger charge is 2.16. The van der Waals surface area contributed by atoms with Gasteiger partial charge in [-0.3, -0.25) is 10.1 Å². The Hall–Kier alpha value is -0.940. The van der Waals surface area contributed by atoms with E-state index in [1.807, 2.05) is 26.3 Å². The molecular formula is C12H21N3OS. The van der Waals surface area contributed by atoms with Gasteiger partial charge in [0, 0.05) is 24.7 Å². The molecule has 96 valence electrons. The molecule has 4 nitrogen and oxygen atoms in total. The van der Waals surface area contributed by atoms with Gasteiger partial charge in [0.1, 0.15) is 5.01 Å². The number of aromatic nitrogens is 1. The minimum absolute atomic E-state index is 0.120. The third kappa shape index (κ3) is 4.09. The summed E-state index contributed by atoms with van der Waals surface area (Å²) in [5, 5.41) is 6.27. The third-order valence-electron chi connectivity index (χ3n) is 2.83. The van der Waals surface area contributed by atoms with Gasteiger partial charge in [0.2, 0.25) is 5.91 Å². The number of likely N-dealkylation sites (N-methyl/N-ethyl adjacent to an activating group) is 1. The van der Waals surface area contributed by atoms with Crippen molar-refractivity contribution in [1.82, 2.24) is 15.2 Å². The SMILES string of the molecule is CCC(NCC(=O)N(C)C(C)C)c1nccs1. The molecule has 0 aliphatic heterocycles. The van der Waals surface area contributed by atoms with E-state index in [-0.39, 0.29) is 18.0 Å². The van der Waals surface area contributed by atoms with Crippen molar-refractivity contribution in [2.45, 2.75) is 39.3 Å². The summed E-state index contributed by atoms with van der Waals surface area (Å²) >= 11 is 1.62. The molecule has 0 spiro atoms. The highest BCUT2D eigenvalue weighted by atomic mass is 32.1. The first-order valence-electron chi connectivity index (χ1n) is 5.94. The van der Waals surface area contributed by atoms with Gasteiger partial charge in [-0.25, -0.2) is 4.98 Å². The molecule has 0 saturated carbocycles. The Balaban J connectivity index is 2.46. The third-order valence-corrected chi connectivity index (χ3v) is 3.71. The molecule has 1 unspecified atom stereocenters. The van der Waals surface area contributed by atoms with Crippen molar-refractivity contribution in [3.63, 3.8) is 0 Å². The lowest BCUT2D eigenvalue weighted by atomic mass is 10.2. The van der Waals surface area contributed by atoms with Crippen LogP contribution in [0.3, 0.4) is 0 Å². The molecule has 1 amide bonds. The van der Waals surface area contributed by atoms with Crippen LogP contribution in [0.2, 0.25) is 0 Å². The van der Waals surface area contributed by atoms with Crippen molar-refractivity contribution in [3.05, 3.63) is 16.6 Å². The van der Waals surface area contributed by atoms with Crippen molar-refractivity contribution in [2.24, 2.45) is 0 Å². The van der Waals surface area contributed by atoms with Crippen LogP contribution in [-0.2, 0) is 4.79 Å². The van der Waals surface area contributed by atoms with Gasteiger partial charge in [-0.2, -0.15) is 0 Å². The number of amides is 1. The van der Waals surface area contributed by atoms with Gasteiger partial charge in [0.25, 0.3) is 0 Å². The number of carbonyl (C=O) groups is 1. The van der Waals surface area contributed by atoms with Crippen LogP contribution in [0.25, 0.3) is 0 Å². The van der Waals surface area contributed by atoms with E-state index in [4.69, 9.17) is 0 Å². The minimum Gasteiger partial charge on any atom is -0.342 e. The topological polar surface area (TPSA) is 45.2 Å². The second-order valence-corrected chi connectivity index (χ2v) is 5.24. The fraction of sp³-hybridized carbons (Fsp3) is 0.667. The largest absolute Gasteiger partial charge is 0.342 e. The van der Waals surface area contributed by atoms with E-state index in [1.54, 1.807) is 22.4 Å². The van der Waals surface area contributed by atoms with E-state index in [2.05, 4.69) is 17.2 Å². The van der Waals surface area contributed by atoms with E-state index in [9.17, 15) is 4.79 Å². The van der Waals surface area contributed by atoms with Crippen LogP contribution in [0.1, 0.15) is 38.2 Å². The monoisotopic (exact) mass is 255 g/mol. The van der Waals surface area contributed by atoms with Crippen LogP contribution in [0.5, 0.6) is 0 Å². The zero-order valence-corrected chi connectivity index (χ0v) is 11.8. The Morgan fingerprint density at radius 1 is 1.59 bits per heavy atom. The van der Waals surface area contributed by atoms with Crippen LogP contribution in [0.15, 0.2) is 11.6 Å². The number of hydrogen-bond acceptors (Lipinski definition) is 4. The Morgan fingerprint density at radius 3 is 2.76 bits per heavy atom. The van der Waals surface area contributed by atoms with Crippen LogP contribution in [-0.4, -0.2) is 35.4 Å². The summed E-state index contributed by atoms with van der Waals surface area (Å²) in [7, 11) is 1.83. The van der Waals surface area contributed by atoms with Gasteiger partial charge in [0.05, 0.1) is 12.6 Å². The molecule has 17 heavy (non-hydrogen) atoms. The van der Waals surface area contributed by atoms with Crippen LogP contribution < -0.4 is 5.32 Å². The first kappa shape index (κ1) is 14.1. The fourth-order valence-corrected chi connectivity index (χ4v) is 2.23. The predicted octanol–water partition coefficient (Wildman–Crippen LogP) is 2.05. The quantitative estimate of drug-likeness (QED) is 0.846. The molecule has 1 aromatic rings. The molecule has 0 aliphatic rings. The molecule has 1 rings (SSSR count). The maximum atomic E-state index is 11.8. The maximum absolute atomic E-state index is 11.8. The van der Waals surface area contributed by atoms with E-state index in [0.29, 0.717) is 6.54 Å². The predicted molar refractivity (Wildman–Crippen MR) is 71.1 cm³/mol. The average molecular weight is 255 g/mol. The zero-order valence-electron chi connectivity index (χ0n) is 10.9. The van der Waals surface area contributed by atoms with E-state index < -0.39 is 0 Å². The number of rotatable bonds is 6. The maximum Gasteiger partial charge on any atom is 0.236 e. The summed E-state index contributed by atoms with van der Waals surface area (Å²) in [6.45, 7) is 6.48. The molecule has 0 bridgehead atoms. The first-order valence-corrected chi connectivity index (χ1v) is 6.82. The molecule has 1 aromatic heterocycles. The lowest BCUT2D eigenvalue weighted by Gasteiger charge is -2.23. The molecule has 1 N–H and O–H groups in total. The Morgan fingerprint density at radius 2 is 2.29 bits per heavy atom. The van der Waals surface area contributed by atoms with Gasteiger partial charge in [-0.15, -0.1) is 11.3 Å². The molecule has 0 aromatic carbocycles. The molecule has 0 saturated heterocycles. The van der Waals surface area contributed by atoms with Crippen molar-refractivity contribution < 1.29 is 4.79 Å². The van der Waals surface area contributed by atoms with Crippen molar-refractivity contribution in [2.75, 3.05) is 13.6 Å². The summed E-state index contributed by atoms with van der Waals surface area (Å²) in [5.74, 6) is 0.120. The number of nitrogens with zero attached hydrogens (tertiary/aromatic N) is 2. The lowest BCUT2D eigenvalue weighted by Crippen LogP contribution is -2.40. The van der Waals surface area contributed by atoms with Crippen LogP contribution >= 0.6 is 11.3 Å². The van der Waals surface area contributed by atoms with Gasteiger partial charge in [-0.1, -0.05) is 6.92 Å². The Bertz CT molecular complexity index is 338. The molecule has 5 heteroatoms. The highest BCUT2D eigenvalue weighted by Crippen LogP contribution is 2.18. The normalized spacial score (nSPS) is 12.8. The van der Waals surface area contributed by atoms with E-state index in [1.165, 1.54) is 0 Å². The summed E-state index contributed by atoms with van der Waals surface area (Å²) in [5.41, 5.74) is 0. The van der Waals surface area contributed by atoms with Crippen LogP contribution in [0, 0.1) is 0 Å². The molecule has 0 fully saturated rings. The summed E-state index contributed by atoms with van der Waals surface area (Å²) in [4.78, 5) is 17.8. The zero-order chi connectivity index (χ0) is 12.8. The molecule has 0 aliphatic carbocycles. The van der Waals surface area contributed by atoms with Crippen LogP contribution in [0.4, 0.5) is 0 Å².